The Morgan fingerprint density at radius 2 is 2.07 bits per heavy atom. The second kappa shape index (κ2) is 7.50. The normalized spacial score (nSPS) is 17.1. The molecule has 2 aromatic heterocycles. The average Bonchev–Trinajstić information content (AvgIpc) is 3.34. The fourth-order valence-electron chi connectivity index (χ4n) is 3.96. The molecule has 3 heterocycles. The Balaban J connectivity index is 1.63. The molecule has 1 aromatic carbocycles. The number of ether oxygens (including phenoxy) is 1. The van der Waals surface area contributed by atoms with Gasteiger partial charge < -0.3 is 9.64 Å². The van der Waals surface area contributed by atoms with Crippen LogP contribution < -0.4 is 4.74 Å². The molecule has 6 nitrogen and oxygen atoms in total. The van der Waals surface area contributed by atoms with E-state index in [1.165, 1.54) is 0 Å². The maximum Gasteiger partial charge on any atom is 0.227 e. The van der Waals surface area contributed by atoms with Crippen molar-refractivity contribution in [1.29, 1.82) is 0 Å². The van der Waals surface area contributed by atoms with Crippen molar-refractivity contribution in [2.45, 2.75) is 51.5 Å². The zero-order valence-corrected chi connectivity index (χ0v) is 17.6. The van der Waals surface area contributed by atoms with Crippen LogP contribution in [0.15, 0.2) is 42.6 Å². The Bertz CT molecular complexity index is 1030. The Labute approximate surface area is 171 Å². The summed E-state index contributed by atoms with van der Waals surface area (Å²) in [5.41, 5.74) is 3.78. The Morgan fingerprint density at radius 3 is 2.83 bits per heavy atom. The number of fused-ring (bicyclic) bond motifs is 1. The summed E-state index contributed by atoms with van der Waals surface area (Å²) >= 11 is 0. The van der Waals surface area contributed by atoms with Crippen LogP contribution >= 0.6 is 0 Å². The highest BCUT2D eigenvalue weighted by Gasteiger charge is 2.32. The molecule has 0 N–H and O–H groups in total. The molecule has 1 fully saturated rings. The van der Waals surface area contributed by atoms with Gasteiger partial charge in [0, 0.05) is 24.2 Å². The Hall–Kier alpha value is -2.89. The first-order valence-electron chi connectivity index (χ1n) is 10.1. The molecule has 0 saturated carbocycles. The summed E-state index contributed by atoms with van der Waals surface area (Å²) in [6.45, 7) is 7.21. The summed E-state index contributed by atoms with van der Waals surface area (Å²) in [4.78, 5) is 19.6. The highest BCUT2D eigenvalue weighted by atomic mass is 16.5. The molecule has 0 aliphatic carbocycles. The molecule has 29 heavy (non-hydrogen) atoms. The van der Waals surface area contributed by atoms with Crippen LogP contribution in [-0.4, -0.2) is 39.1 Å². The van der Waals surface area contributed by atoms with E-state index in [9.17, 15) is 4.79 Å². The number of amides is 1. The molecular formula is C23H28N4O2. The highest BCUT2D eigenvalue weighted by Crippen LogP contribution is 2.33. The summed E-state index contributed by atoms with van der Waals surface area (Å²) in [6.07, 6.45) is 4.12. The quantitative estimate of drug-likeness (QED) is 0.675. The van der Waals surface area contributed by atoms with E-state index in [-0.39, 0.29) is 17.4 Å². The first-order chi connectivity index (χ1) is 13.9. The van der Waals surface area contributed by atoms with Crippen molar-refractivity contribution < 1.29 is 9.53 Å². The lowest BCUT2D eigenvalue weighted by molar-refractivity contribution is -0.131. The first kappa shape index (κ1) is 19.4. The van der Waals surface area contributed by atoms with Crippen LogP contribution in [0.25, 0.3) is 5.65 Å². The SMILES string of the molecule is COc1cccc(CC(=O)N2CCC[C@@H]2c2ccnc3cc(C(C)(C)C)nn23)c1. The Morgan fingerprint density at radius 1 is 1.24 bits per heavy atom. The molecule has 1 atom stereocenters. The van der Waals surface area contributed by atoms with Gasteiger partial charge in [-0.15, -0.1) is 0 Å². The van der Waals surface area contributed by atoms with Gasteiger partial charge in [-0.3, -0.25) is 4.79 Å². The van der Waals surface area contributed by atoms with E-state index in [1.807, 2.05) is 52.0 Å². The van der Waals surface area contributed by atoms with Crippen LogP contribution in [0.5, 0.6) is 5.75 Å². The van der Waals surface area contributed by atoms with Gasteiger partial charge in [0.2, 0.25) is 5.91 Å². The van der Waals surface area contributed by atoms with Crippen LogP contribution in [-0.2, 0) is 16.6 Å². The van der Waals surface area contributed by atoms with Crippen LogP contribution in [0.1, 0.15) is 56.6 Å². The van der Waals surface area contributed by atoms with Gasteiger partial charge in [0.15, 0.2) is 5.65 Å². The molecule has 1 aliphatic heterocycles. The number of methoxy groups -OCH3 is 1. The number of nitrogens with zero attached hydrogens (tertiary/aromatic N) is 4. The smallest absolute Gasteiger partial charge is 0.227 e. The number of benzene rings is 1. The maximum absolute atomic E-state index is 13.1. The fraction of sp³-hybridized carbons (Fsp3) is 0.435. The molecule has 0 radical (unpaired) electrons. The number of aromatic nitrogens is 3. The third-order valence-corrected chi connectivity index (χ3v) is 5.56. The van der Waals surface area contributed by atoms with Gasteiger partial charge in [-0.25, -0.2) is 9.50 Å². The van der Waals surface area contributed by atoms with Crippen LogP contribution in [0.2, 0.25) is 0 Å². The molecule has 6 heteroatoms. The largest absolute Gasteiger partial charge is 0.497 e. The van der Waals surface area contributed by atoms with Crippen molar-refractivity contribution in [3.05, 3.63) is 59.5 Å². The zero-order valence-electron chi connectivity index (χ0n) is 17.6. The summed E-state index contributed by atoms with van der Waals surface area (Å²) in [5.74, 6) is 0.907. The predicted octanol–water partition coefficient (Wildman–Crippen LogP) is 3.94. The van der Waals surface area contributed by atoms with Gasteiger partial charge in [-0.2, -0.15) is 5.10 Å². The van der Waals surface area contributed by atoms with Crippen LogP contribution in [0.3, 0.4) is 0 Å². The van der Waals surface area contributed by atoms with E-state index in [0.717, 1.165) is 47.7 Å². The van der Waals surface area contributed by atoms with Gasteiger partial charge in [0.25, 0.3) is 0 Å². The predicted molar refractivity (Wildman–Crippen MR) is 112 cm³/mol. The molecule has 3 aromatic rings. The van der Waals surface area contributed by atoms with Crippen molar-refractivity contribution in [1.82, 2.24) is 19.5 Å². The van der Waals surface area contributed by atoms with Crippen molar-refractivity contribution in [2.24, 2.45) is 0 Å². The summed E-state index contributed by atoms with van der Waals surface area (Å²) in [7, 11) is 1.64. The van der Waals surface area contributed by atoms with Gasteiger partial charge in [0.05, 0.1) is 31.0 Å². The standard InChI is InChI=1S/C23H28N4O2/c1-23(2,3)20-15-21-24-11-10-19(27(21)25-20)18-9-6-12-26(18)22(28)14-16-7-5-8-17(13-16)29-4/h5,7-8,10-11,13,15,18H,6,9,12,14H2,1-4H3/t18-/m1/s1. The van der Waals surface area contributed by atoms with Gasteiger partial charge in [-0.1, -0.05) is 32.9 Å². The molecule has 0 bridgehead atoms. The van der Waals surface area contributed by atoms with Crippen molar-refractivity contribution in [3.63, 3.8) is 0 Å². The summed E-state index contributed by atoms with van der Waals surface area (Å²) in [5, 5.41) is 4.83. The van der Waals surface area contributed by atoms with E-state index in [1.54, 1.807) is 7.11 Å². The van der Waals surface area contributed by atoms with Crippen LogP contribution in [0.4, 0.5) is 0 Å². The lowest BCUT2D eigenvalue weighted by Crippen LogP contribution is -2.32. The third-order valence-electron chi connectivity index (χ3n) is 5.56. The number of hydrogen-bond acceptors (Lipinski definition) is 4. The van der Waals surface area contributed by atoms with Crippen molar-refractivity contribution in [3.8, 4) is 5.75 Å². The monoisotopic (exact) mass is 392 g/mol. The maximum atomic E-state index is 13.1. The van der Waals surface area contributed by atoms with Gasteiger partial charge >= 0.3 is 0 Å². The van der Waals surface area contributed by atoms with E-state index < -0.39 is 0 Å². The number of likely N-dealkylation sites (tertiary alicyclic amines) is 1. The van der Waals surface area contributed by atoms with E-state index in [0.29, 0.717) is 6.42 Å². The minimum atomic E-state index is -0.0531. The van der Waals surface area contributed by atoms with Gasteiger partial charge in [-0.05, 0) is 36.6 Å². The molecular weight excluding hydrogens is 364 g/mol. The number of carbonyl (C=O) groups excluding carboxylic acids is 1. The number of hydrogen-bond donors (Lipinski definition) is 0. The minimum absolute atomic E-state index is 0.0197. The average molecular weight is 393 g/mol. The van der Waals surface area contributed by atoms with Crippen molar-refractivity contribution >= 4 is 11.6 Å². The second-order valence-electron chi connectivity index (χ2n) is 8.69. The van der Waals surface area contributed by atoms with E-state index >= 15 is 0 Å². The lowest BCUT2D eigenvalue weighted by atomic mass is 9.93. The Kier molecular flexibility index (Phi) is 5.03. The summed E-state index contributed by atoms with van der Waals surface area (Å²) in [6, 6.07) is 11.8. The molecule has 152 valence electrons. The fourth-order valence-corrected chi connectivity index (χ4v) is 3.96. The molecule has 1 aliphatic rings. The van der Waals surface area contributed by atoms with Crippen molar-refractivity contribution in [2.75, 3.05) is 13.7 Å². The van der Waals surface area contributed by atoms with E-state index in [2.05, 4.69) is 25.8 Å². The lowest BCUT2D eigenvalue weighted by Gasteiger charge is -2.25. The molecule has 1 amide bonds. The highest BCUT2D eigenvalue weighted by molar-refractivity contribution is 5.79. The second-order valence-corrected chi connectivity index (χ2v) is 8.69. The number of rotatable bonds is 4. The first-order valence-corrected chi connectivity index (χ1v) is 10.1. The zero-order chi connectivity index (χ0) is 20.6. The molecule has 0 unspecified atom stereocenters. The molecule has 0 spiro atoms. The minimum Gasteiger partial charge on any atom is -0.497 e. The van der Waals surface area contributed by atoms with Gasteiger partial charge in [0.1, 0.15) is 5.75 Å². The number of carbonyl (C=O) groups is 1. The topological polar surface area (TPSA) is 59.7 Å². The molecule has 4 rings (SSSR count). The van der Waals surface area contributed by atoms with E-state index in [4.69, 9.17) is 9.84 Å². The molecule has 1 saturated heterocycles. The van der Waals surface area contributed by atoms with Crippen LogP contribution in [0, 0.1) is 0 Å². The summed E-state index contributed by atoms with van der Waals surface area (Å²) < 4.78 is 7.21. The third kappa shape index (κ3) is 3.84.